The molecule has 0 saturated carbocycles. The average molecular weight is 495 g/mol. The molecule has 1 saturated heterocycles. The van der Waals surface area contributed by atoms with Crippen LogP contribution in [0.4, 0.5) is 24.7 Å². The van der Waals surface area contributed by atoms with E-state index >= 15 is 0 Å². The van der Waals surface area contributed by atoms with Crippen molar-refractivity contribution in [2.75, 3.05) is 30.3 Å². The Morgan fingerprint density at radius 2 is 2.03 bits per heavy atom. The molecule has 0 unspecified atom stereocenters. The Kier molecular flexibility index (Phi) is 6.65. The van der Waals surface area contributed by atoms with Gasteiger partial charge in [0.15, 0.2) is 5.69 Å². The molecule has 0 aromatic carbocycles. The number of nitrogen functional groups attached to an aromatic ring is 1. The first-order valence-corrected chi connectivity index (χ1v) is 11.6. The number of hydrogen-bond acceptors (Lipinski definition) is 8. The van der Waals surface area contributed by atoms with Crippen molar-refractivity contribution in [1.29, 1.82) is 0 Å². The van der Waals surface area contributed by atoms with E-state index < -0.39 is 23.9 Å². The van der Waals surface area contributed by atoms with Gasteiger partial charge in [0.1, 0.15) is 16.8 Å². The summed E-state index contributed by atoms with van der Waals surface area (Å²) in [6.45, 7) is 3.15. The number of nitrogens with two attached hydrogens (primary N) is 2. The number of fused-ring (bicyclic) bond motifs is 1. The van der Waals surface area contributed by atoms with Crippen molar-refractivity contribution in [3.05, 3.63) is 46.2 Å². The maximum atomic E-state index is 13.8. The fourth-order valence-corrected chi connectivity index (χ4v) is 5.13. The van der Waals surface area contributed by atoms with Crippen LogP contribution in [0.15, 0.2) is 24.3 Å². The number of rotatable bonds is 6. The summed E-state index contributed by atoms with van der Waals surface area (Å²) in [5.41, 5.74) is 11.1. The van der Waals surface area contributed by atoms with Gasteiger partial charge < -0.3 is 26.8 Å². The van der Waals surface area contributed by atoms with Crippen LogP contribution in [0.1, 0.15) is 45.7 Å². The molecule has 0 bridgehead atoms. The second-order valence-corrected chi connectivity index (χ2v) is 9.35. The van der Waals surface area contributed by atoms with E-state index in [0.717, 1.165) is 17.0 Å². The van der Waals surface area contributed by atoms with Crippen LogP contribution in [0.3, 0.4) is 0 Å². The van der Waals surface area contributed by atoms with E-state index in [9.17, 15) is 23.1 Å². The molecule has 182 valence electrons. The summed E-state index contributed by atoms with van der Waals surface area (Å²) in [6.07, 6.45) is -4.17. The molecule has 4 rings (SSSR count). The summed E-state index contributed by atoms with van der Waals surface area (Å²) < 4.78 is 41.5. The summed E-state index contributed by atoms with van der Waals surface area (Å²) >= 11 is 0.839. The maximum Gasteiger partial charge on any atom is 0.434 e. The molecule has 1 atom stereocenters. The van der Waals surface area contributed by atoms with Crippen LogP contribution in [0, 0.1) is 6.92 Å². The zero-order chi connectivity index (χ0) is 24.6. The minimum Gasteiger partial charge on any atom is -0.397 e. The van der Waals surface area contributed by atoms with E-state index in [4.69, 9.17) is 11.5 Å². The van der Waals surface area contributed by atoms with Crippen LogP contribution < -0.4 is 21.7 Å². The highest BCUT2D eigenvalue weighted by Gasteiger charge is 2.38. The Bertz CT molecular complexity index is 1210. The second kappa shape index (κ2) is 9.35. The van der Waals surface area contributed by atoms with Crippen molar-refractivity contribution in [2.24, 2.45) is 5.73 Å². The molecule has 1 aliphatic heterocycles. The number of thiophene rings is 1. The van der Waals surface area contributed by atoms with Crippen molar-refractivity contribution < 1.29 is 23.1 Å². The predicted octanol–water partition coefficient (Wildman–Crippen LogP) is 2.99. The smallest absolute Gasteiger partial charge is 0.397 e. The topological polar surface area (TPSA) is 130 Å². The lowest BCUT2D eigenvalue weighted by Crippen LogP contribution is -2.44. The van der Waals surface area contributed by atoms with E-state index in [-0.39, 0.29) is 32.5 Å². The van der Waals surface area contributed by atoms with Gasteiger partial charge in [0.05, 0.1) is 11.4 Å². The maximum absolute atomic E-state index is 13.8. The molecule has 8 nitrogen and oxygen atoms in total. The van der Waals surface area contributed by atoms with Gasteiger partial charge in [0, 0.05) is 41.5 Å². The van der Waals surface area contributed by atoms with Crippen molar-refractivity contribution in [2.45, 2.75) is 38.1 Å². The van der Waals surface area contributed by atoms with Crippen LogP contribution in [-0.4, -0.2) is 46.7 Å². The van der Waals surface area contributed by atoms with Crippen molar-refractivity contribution in [3.63, 3.8) is 0 Å². The lowest BCUT2D eigenvalue weighted by Gasteiger charge is -2.34. The van der Waals surface area contributed by atoms with Gasteiger partial charge in [-0.1, -0.05) is 6.07 Å². The minimum absolute atomic E-state index is 0.0976. The van der Waals surface area contributed by atoms with Gasteiger partial charge in [-0.15, -0.1) is 11.3 Å². The molecule has 3 aromatic heterocycles. The molecular formula is C22H25F3N6O2S. The van der Waals surface area contributed by atoms with Gasteiger partial charge in [-0.2, -0.15) is 13.2 Å². The van der Waals surface area contributed by atoms with Crippen molar-refractivity contribution >= 4 is 38.8 Å². The average Bonchev–Trinajstić information content (AvgIpc) is 3.13. The molecule has 0 spiro atoms. The lowest BCUT2D eigenvalue weighted by atomic mass is 10.0. The molecule has 1 aliphatic rings. The number of alkyl halides is 3. The Hall–Kier alpha value is -2.96. The minimum atomic E-state index is -4.74. The Morgan fingerprint density at radius 1 is 1.32 bits per heavy atom. The number of anilines is 2. The first-order chi connectivity index (χ1) is 16.0. The number of carbonyl (C=O) groups is 1. The summed E-state index contributed by atoms with van der Waals surface area (Å²) in [4.78, 5) is 21.5. The van der Waals surface area contributed by atoms with Gasteiger partial charge in [0.25, 0.3) is 5.91 Å². The zero-order valence-corrected chi connectivity index (χ0v) is 19.2. The summed E-state index contributed by atoms with van der Waals surface area (Å²) in [5, 5.41) is 13.4. The van der Waals surface area contributed by atoms with Gasteiger partial charge in [-0.05, 0) is 38.0 Å². The largest absolute Gasteiger partial charge is 0.434 e. The number of nitrogens with zero attached hydrogens (tertiary/aromatic N) is 3. The number of carbonyl (C=O) groups excluding carboxylic acids is 1. The number of aliphatic hydroxyl groups excluding tert-OH is 1. The van der Waals surface area contributed by atoms with Crippen LogP contribution >= 0.6 is 11.3 Å². The van der Waals surface area contributed by atoms with Crippen LogP contribution in [-0.2, 0) is 6.18 Å². The first kappa shape index (κ1) is 24.2. The summed E-state index contributed by atoms with van der Waals surface area (Å²) in [5.74, 6) is -0.692. The van der Waals surface area contributed by atoms with Gasteiger partial charge in [0.2, 0.25) is 0 Å². The number of halogens is 3. The molecule has 34 heavy (non-hydrogen) atoms. The normalized spacial score (nSPS) is 16.2. The highest BCUT2D eigenvalue weighted by atomic mass is 32.1. The van der Waals surface area contributed by atoms with Crippen LogP contribution in [0.25, 0.3) is 10.1 Å². The van der Waals surface area contributed by atoms with Crippen molar-refractivity contribution in [1.82, 2.24) is 15.3 Å². The number of amides is 1. The molecule has 4 heterocycles. The predicted molar refractivity (Wildman–Crippen MR) is 125 cm³/mol. The molecular weight excluding hydrogens is 469 g/mol. The third-order valence-electron chi connectivity index (χ3n) is 5.86. The molecule has 6 N–H and O–H groups in total. The van der Waals surface area contributed by atoms with Crippen molar-refractivity contribution in [3.8, 4) is 0 Å². The molecule has 3 aromatic rings. The Balaban J connectivity index is 1.47. The molecule has 12 heteroatoms. The van der Waals surface area contributed by atoms with E-state index in [1.165, 1.54) is 6.07 Å². The van der Waals surface area contributed by atoms with Gasteiger partial charge in [-0.3, -0.25) is 9.78 Å². The van der Waals surface area contributed by atoms with E-state index in [2.05, 4.69) is 15.3 Å². The number of aliphatic hydroxyl groups is 1. The van der Waals surface area contributed by atoms with Crippen LogP contribution in [0.5, 0.6) is 0 Å². The standard InChI is InChI=1S/C22H25F3N6O2S/c1-11-3-2-4-13(29-11)14(32)10-28-12-5-7-31(8-6-12)16-9-15-17(20(30-16)22(23,24)25)18(26)19(34-15)21(27)33/h2-4,9,12,14,28,32H,5-8,10,26H2,1H3,(H2,27,33)/t14-/m0/s1. The number of primary amides is 1. The summed E-state index contributed by atoms with van der Waals surface area (Å²) in [6, 6.07) is 7.09. The fraction of sp³-hybridized carbons (Fsp3) is 0.409. The number of hydrogen-bond donors (Lipinski definition) is 4. The lowest BCUT2D eigenvalue weighted by molar-refractivity contribution is -0.139. The molecule has 1 fully saturated rings. The van der Waals surface area contributed by atoms with E-state index in [1.54, 1.807) is 11.0 Å². The monoisotopic (exact) mass is 494 g/mol. The fourth-order valence-electron chi connectivity index (χ4n) is 4.12. The SMILES string of the molecule is Cc1cccc([C@@H](O)CNC2CCN(c3cc4sc(C(N)=O)c(N)c4c(C(F)(F)F)n3)CC2)n1. The Labute approximate surface area is 197 Å². The Morgan fingerprint density at radius 3 is 2.65 bits per heavy atom. The summed E-state index contributed by atoms with van der Waals surface area (Å²) in [7, 11) is 0. The van der Waals surface area contributed by atoms with Crippen LogP contribution in [0.2, 0.25) is 0 Å². The van der Waals surface area contributed by atoms with Gasteiger partial charge in [-0.25, -0.2) is 4.98 Å². The number of aryl methyl sites for hydroxylation is 1. The van der Waals surface area contributed by atoms with E-state index in [1.807, 2.05) is 19.1 Å². The molecule has 0 radical (unpaired) electrons. The zero-order valence-electron chi connectivity index (χ0n) is 18.4. The van der Waals surface area contributed by atoms with Gasteiger partial charge >= 0.3 is 6.18 Å². The first-order valence-electron chi connectivity index (χ1n) is 10.7. The number of piperidine rings is 1. The van der Waals surface area contributed by atoms with E-state index in [0.29, 0.717) is 38.2 Å². The molecule has 0 aliphatic carbocycles. The highest BCUT2D eigenvalue weighted by Crippen LogP contribution is 2.43. The number of aromatic nitrogens is 2. The quantitative estimate of drug-likeness (QED) is 0.414. The molecule has 1 amide bonds. The highest BCUT2D eigenvalue weighted by molar-refractivity contribution is 7.21. The number of nitrogens with one attached hydrogen (secondary N) is 1. The number of pyridine rings is 2. The second-order valence-electron chi connectivity index (χ2n) is 8.30. The third kappa shape index (κ3) is 4.93. The third-order valence-corrected chi connectivity index (χ3v) is 7.03.